The van der Waals surface area contributed by atoms with E-state index in [9.17, 15) is 14.4 Å². The van der Waals surface area contributed by atoms with Crippen molar-refractivity contribution < 1.29 is 19.1 Å². The SMILES string of the molecule is Cc1ccc(C(C(=O)NCc2ccccc2)N(C(=O)CNC(=O)OC(C)(C)C)C2CC2)cc1. The maximum absolute atomic E-state index is 13.4. The molecule has 2 aromatic carbocycles. The Bertz CT molecular complexity index is 963. The Morgan fingerprint density at radius 3 is 2.21 bits per heavy atom. The molecule has 176 valence electrons. The van der Waals surface area contributed by atoms with Crippen LogP contribution in [0.15, 0.2) is 54.6 Å². The Balaban J connectivity index is 1.78. The fourth-order valence-electron chi connectivity index (χ4n) is 3.53. The lowest BCUT2D eigenvalue weighted by Gasteiger charge is -2.32. The molecule has 1 saturated carbocycles. The smallest absolute Gasteiger partial charge is 0.408 e. The van der Waals surface area contributed by atoms with Gasteiger partial charge in [0.1, 0.15) is 18.2 Å². The van der Waals surface area contributed by atoms with E-state index in [1.54, 1.807) is 25.7 Å². The fourth-order valence-corrected chi connectivity index (χ4v) is 3.53. The van der Waals surface area contributed by atoms with Crippen molar-refractivity contribution in [2.24, 2.45) is 0 Å². The summed E-state index contributed by atoms with van der Waals surface area (Å²) in [4.78, 5) is 40.3. The normalized spacial score (nSPS) is 14.2. The highest BCUT2D eigenvalue weighted by Crippen LogP contribution is 2.35. The second kappa shape index (κ2) is 10.5. The highest BCUT2D eigenvalue weighted by molar-refractivity contribution is 5.90. The molecule has 0 bridgehead atoms. The summed E-state index contributed by atoms with van der Waals surface area (Å²) in [6.07, 6.45) is 0.992. The van der Waals surface area contributed by atoms with Gasteiger partial charge in [0.2, 0.25) is 11.8 Å². The predicted molar refractivity (Wildman–Crippen MR) is 126 cm³/mol. The van der Waals surface area contributed by atoms with Gasteiger partial charge in [-0.2, -0.15) is 0 Å². The van der Waals surface area contributed by atoms with E-state index in [2.05, 4.69) is 10.6 Å². The lowest BCUT2D eigenvalue weighted by atomic mass is 10.0. The number of amides is 3. The second-order valence-electron chi connectivity index (χ2n) is 9.40. The molecular weight excluding hydrogens is 418 g/mol. The third-order valence-corrected chi connectivity index (χ3v) is 5.24. The number of rotatable bonds is 8. The molecular formula is C26H33N3O4. The van der Waals surface area contributed by atoms with Crippen LogP contribution in [0.1, 0.15) is 56.3 Å². The summed E-state index contributed by atoms with van der Waals surface area (Å²) in [6.45, 7) is 7.38. The van der Waals surface area contributed by atoms with E-state index in [-0.39, 0.29) is 24.4 Å². The number of carbonyl (C=O) groups is 3. The van der Waals surface area contributed by atoms with Crippen LogP contribution in [0.2, 0.25) is 0 Å². The average Bonchev–Trinajstić information content (AvgIpc) is 3.59. The van der Waals surface area contributed by atoms with Gasteiger partial charge in [-0.05, 0) is 51.7 Å². The quantitative estimate of drug-likeness (QED) is 0.638. The molecule has 1 aliphatic rings. The minimum Gasteiger partial charge on any atom is -0.444 e. The van der Waals surface area contributed by atoms with Gasteiger partial charge in [-0.3, -0.25) is 9.59 Å². The molecule has 7 nitrogen and oxygen atoms in total. The average molecular weight is 452 g/mol. The number of nitrogens with one attached hydrogen (secondary N) is 2. The molecule has 1 fully saturated rings. The van der Waals surface area contributed by atoms with Gasteiger partial charge in [0.25, 0.3) is 0 Å². The molecule has 3 rings (SSSR count). The number of ether oxygens (including phenoxy) is 1. The van der Waals surface area contributed by atoms with Crippen molar-refractivity contribution in [1.82, 2.24) is 15.5 Å². The Morgan fingerprint density at radius 2 is 1.64 bits per heavy atom. The lowest BCUT2D eigenvalue weighted by molar-refractivity contribution is -0.141. The molecule has 33 heavy (non-hydrogen) atoms. The van der Waals surface area contributed by atoms with Gasteiger partial charge in [0.05, 0.1) is 0 Å². The van der Waals surface area contributed by atoms with E-state index in [0.717, 1.165) is 29.5 Å². The van der Waals surface area contributed by atoms with Gasteiger partial charge < -0.3 is 20.3 Å². The van der Waals surface area contributed by atoms with Crippen LogP contribution in [0, 0.1) is 6.92 Å². The molecule has 3 amide bonds. The first-order valence-corrected chi connectivity index (χ1v) is 11.3. The van der Waals surface area contributed by atoms with E-state index < -0.39 is 17.7 Å². The number of alkyl carbamates (subject to hydrolysis) is 1. The Hall–Kier alpha value is -3.35. The first kappa shape index (κ1) is 24.3. The molecule has 2 aromatic rings. The van der Waals surface area contributed by atoms with Gasteiger partial charge in [-0.1, -0.05) is 60.2 Å². The number of benzene rings is 2. The molecule has 2 N–H and O–H groups in total. The Labute approximate surface area is 195 Å². The van der Waals surface area contributed by atoms with Crippen LogP contribution in [-0.2, 0) is 20.9 Å². The lowest BCUT2D eigenvalue weighted by Crippen LogP contribution is -2.48. The van der Waals surface area contributed by atoms with E-state index in [4.69, 9.17) is 4.74 Å². The fraction of sp³-hybridized carbons (Fsp3) is 0.423. The van der Waals surface area contributed by atoms with E-state index in [1.807, 2.05) is 61.5 Å². The van der Waals surface area contributed by atoms with Crippen LogP contribution in [0.4, 0.5) is 4.79 Å². The van der Waals surface area contributed by atoms with Gasteiger partial charge in [0, 0.05) is 12.6 Å². The van der Waals surface area contributed by atoms with Crippen LogP contribution >= 0.6 is 0 Å². The first-order valence-electron chi connectivity index (χ1n) is 11.3. The molecule has 0 heterocycles. The molecule has 0 spiro atoms. The third-order valence-electron chi connectivity index (χ3n) is 5.24. The molecule has 0 radical (unpaired) electrons. The third kappa shape index (κ3) is 7.34. The summed E-state index contributed by atoms with van der Waals surface area (Å²) < 4.78 is 5.24. The van der Waals surface area contributed by atoms with Gasteiger partial charge in [-0.15, -0.1) is 0 Å². The predicted octanol–water partition coefficient (Wildman–Crippen LogP) is 3.87. The van der Waals surface area contributed by atoms with Gasteiger partial charge in [0.15, 0.2) is 0 Å². The van der Waals surface area contributed by atoms with Crippen LogP contribution < -0.4 is 10.6 Å². The van der Waals surface area contributed by atoms with Crippen LogP contribution in [0.3, 0.4) is 0 Å². The molecule has 1 atom stereocenters. The second-order valence-corrected chi connectivity index (χ2v) is 9.40. The van der Waals surface area contributed by atoms with Crippen LogP contribution in [0.25, 0.3) is 0 Å². The highest BCUT2D eigenvalue weighted by Gasteiger charge is 2.41. The number of hydrogen-bond acceptors (Lipinski definition) is 4. The van der Waals surface area contributed by atoms with Crippen molar-refractivity contribution in [3.05, 3.63) is 71.3 Å². The largest absolute Gasteiger partial charge is 0.444 e. The summed E-state index contributed by atoms with van der Waals surface area (Å²) in [7, 11) is 0. The number of hydrogen-bond donors (Lipinski definition) is 2. The first-order chi connectivity index (χ1) is 15.6. The van der Waals surface area contributed by atoms with Gasteiger partial charge in [-0.25, -0.2) is 4.79 Å². The van der Waals surface area contributed by atoms with Crippen molar-refractivity contribution in [3.8, 4) is 0 Å². The van der Waals surface area contributed by atoms with E-state index >= 15 is 0 Å². The van der Waals surface area contributed by atoms with E-state index in [1.165, 1.54) is 0 Å². The molecule has 1 aliphatic carbocycles. The topological polar surface area (TPSA) is 87.7 Å². The summed E-state index contributed by atoms with van der Waals surface area (Å²) in [5.41, 5.74) is 2.12. The zero-order valence-corrected chi connectivity index (χ0v) is 19.8. The summed E-state index contributed by atoms with van der Waals surface area (Å²) in [5, 5.41) is 5.51. The van der Waals surface area contributed by atoms with Crippen molar-refractivity contribution in [2.45, 2.75) is 64.8 Å². The highest BCUT2D eigenvalue weighted by atomic mass is 16.6. The molecule has 7 heteroatoms. The molecule has 0 aliphatic heterocycles. The Morgan fingerprint density at radius 1 is 1.00 bits per heavy atom. The van der Waals surface area contributed by atoms with Crippen molar-refractivity contribution in [3.63, 3.8) is 0 Å². The van der Waals surface area contributed by atoms with Crippen molar-refractivity contribution in [1.29, 1.82) is 0 Å². The van der Waals surface area contributed by atoms with Crippen LogP contribution in [0.5, 0.6) is 0 Å². The summed E-state index contributed by atoms with van der Waals surface area (Å²) in [6, 6.07) is 16.4. The van der Waals surface area contributed by atoms with Crippen molar-refractivity contribution in [2.75, 3.05) is 6.54 Å². The number of nitrogens with zero attached hydrogens (tertiary/aromatic N) is 1. The molecule has 1 unspecified atom stereocenters. The summed E-state index contributed by atoms with van der Waals surface area (Å²) in [5.74, 6) is -0.566. The Kier molecular flexibility index (Phi) is 7.74. The van der Waals surface area contributed by atoms with Gasteiger partial charge >= 0.3 is 6.09 Å². The standard InChI is InChI=1S/C26H33N3O4/c1-18-10-12-20(13-11-18)23(24(31)27-16-19-8-6-5-7-9-19)29(21-14-15-21)22(30)17-28-25(32)33-26(2,3)4/h5-13,21,23H,14-17H2,1-4H3,(H,27,31)(H,28,32). The molecule has 0 aromatic heterocycles. The molecule has 0 saturated heterocycles. The maximum Gasteiger partial charge on any atom is 0.408 e. The zero-order valence-electron chi connectivity index (χ0n) is 19.8. The summed E-state index contributed by atoms with van der Waals surface area (Å²) >= 11 is 0. The number of aryl methyl sites for hydroxylation is 1. The van der Waals surface area contributed by atoms with Crippen LogP contribution in [-0.4, -0.2) is 41.0 Å². The maximum atomic E-state index is 13.4. The van der Waals surface area contributed by atoms with E-state index in [0.29, 0.717) is 6.54 Å². The monoisotopic (exact) mass is 451 g/mol. The van der Waals surface area contributed by atoms with Crippen molar-refractivity contribution >= 4 is 17.9 Å². The minimum atomic E-state index is -0.783. The minimum absolute atomic E-state index is 0.0354. The zero-order chi connectivity index (χ0) is 24.0. The number of carbonyl (C=O) groups excluding carboxylic acids is 3.